The van der Waals surface area contributed by atoms with Gasteiger partial charge in [0, 0.05) is 24.0 Å². The monoisotopic (exact) mass is 301 g/mol. The highest BCUT2D eigenvalue weighted by molar-refractivity contribution is 5.49. The number of aryl methyl sites for hydroxylation is 1. The molecule has 0 aliphatic heterocycles. The second kappa shape index (κ2) is 6.15. The van der Waals surface area contributed by atoms with E-state index in [1.807, 2.05) is 29.9 Å². The largest absolute Gasteiger partial charge is 0.459 e. The number of nitrogens with one attached hydrogen (secondary N) is 1. The highest BCUT2D eigenvalue weighted by Crippen LogP contribution is 2.22. The number of aromatic nitrogens is 4. The normalized spacial score (nSPS) is 14.1. The van der Waals surface area contributed by atoms with E-state index in [0.717, 1.165) is 5.56 Å². The van der Waals surface area contributed by atoms with E-state index in [1.165, 1.54) is 0 Å². The molecular weight excluding hydrogens is 282 g/mol. The maximum absolute atomic E-state index is 5.63. The molecule has 3 aromatic rings. The Bertz CT molecular complexity index is 716. The van der Waals surface area contributed by atoms with Crippen LogP contribution in [-0.2, 0) is 6.54 Å². The molecule has 0 bridgehead atoms. The fourth-order valence-corrected chi connectivity index (χ4v) is 2.18. The molecule has 3 aromatic heterocycles. The second-order valence-corrected chi connectivity index (χ2v) is 5.33. The first-order valence-corrected chi connectivity index (χ1v) is 7.24. The molecular formula is C15H19N5O2. The predicted octanol–water partition coefficient (Wildman–Crippen LogP) is 2.57. The Balaban J connectivity index is 1.60. The van der Waals surface area contributed by atoms with Gasteiger partial charge in [-0.05, 0) is 32.9 Å². The second-order valence-electron chi connectivity index (χ2n) is 5.33. The highest BCUT2D eigenvalue weighted by atomic mass is 16.4. The Morgan fingerprint density at radius 1 is 1.32 bits per heavy atom. The van der Waals surface area contributed by atoms with Gasteiger partial charge in [-0.25, -0.2) is 0 Å². The first-order valence-electron chi connectivity index (χ1n) is 7.24. The third kappa shape index (κ3) is 2.94. The van der Waals surface area contributed by atoms with Gasteiger partial charge >= 0.3 is 0 Å². The standard InChI is InChI=1S/C15H19N5O2/c1-10-5-8-21-14(10)15-19-18-13(22-15)9-16-11(2)12(3)20-7-4-6-17-20/h4-8,11-12,16H,9H2,1-3H3. The van der Waals surface area contributed by atoms with E-state index in [-0.39, 0.29) is 12.1 Å². The van der Waals surface area contributed by atoms with Crippen LogP contribution in [0.2, 0.25) is 0 Å². The van der Waals surface area contributed by atoms with Gasteiger partial charge in [0.25, 0.3) is 5.89 Å². The molecule has 0 saturated heterocycles. The molecule has 3 heterocycles. The molecule has 0 spiro atoms. The van der Waals surface area contributed by atoms with Crippen molar-refractivity contribution in [3.63, 3.8) is 0 Å². The molecule has 0 amide bonds. The SMILES string of the molecule is Cc1ccoc1-c1nnc(CNC(C)C(C)n2cccn2)o1. The summed E-state index contributed by atoms with van der Waals surface area (Å²) < 4.78 is 12.9. The van der Waals surface area contributed by atoms with Gasteiger partial charge in [-0.2, -0.15) is 5.10 Å². The number of nitrogens with zero attached hydrogens (tertiary/aromatic N) is 4. The van der Waals surface area contributed by atoms with Gasteiger partial charge in [0.05, 0.1) is 18.8 Å². The fourth-order valence-electron chi connectivity index (χ4n) is 2.18. The number of rotatable bonds is 6. The molecule has 3 rings (SSSR count). The Hall–Kier alpha value is -2.41. The molecule has 7 heteroatoms. The Morgan fingerprint density at radius 3 is 2.86 bits per heavy atom. The molecule has 0 aromatic carbocycles. The van der Waals surface area contributed by atoms with Crippen LogP contribution in [0.3, 0.4) is 0 Å². The van der Waals surface area contributed by atoms with Crippen LogP contribution in [0.4, 0.5) is 0 Å². The van der Waals surface area contributed by atoms with Gasteiger partial charge in [-0.15, -0.1) is 10.2 Å². The van der Waals surface area contributed by atoms with Gasteiger partial charge in [0.1, 0.15) is 0 Å². The number of furan rings is 1. The minimum absolute atomic E-state index is 0.209. The summed E-state index contributed by atoms with van der Waals surface area (Å²) in [7, 11) is 0. The summed E-state index contributed by atoms with van der Waals surface area (Å²) in [5.74, 6) is 1.56. The topological polar surface area (TPSA) is 81.9 Å². The van der Waals surface area contributed by atoms with E-state index < -0.39 is 0 Å². The van der Waals surface area contributed by atoms with Gasteiger partial charge in [-0.3, -0.25) is 4.68 Å². The Morgan fingerprint density at radius 2 is 2.18 bits per heavy atom. The summed E-state index contributed by atoms with van der Waals surface area (Å²) >= 11 is 0. The zero-order valence-electron chi connectivity index (χ0n) is 12.9. The third-order valence-electron chi connectivity index (χ3n) is 3.76. The highest BCUT2D eigenvalue weighted by Gasteiger charge is 2.17. The van der Waals surface area contributed by atoms with E-state index in [2.05, 4.69) is 34.5 Å². The van der Waals surface area contributed by atoms with Crippen LogP contribution in [-0.4, -0.2) is 26.0 Å². The molecule has 7 nitrogen and oxygen atoms in total. The van der Waals surface area contributed by atoms with Gasteiger partial charge in [0.15, 0.2) is 5.76 Å². The van der Waals surface area contributed by atoms with Gasteiger partial charge in [0.2, 0.25) is 5.89 Å². The van der Waals surface area contributed by atoms with E-state index in [0.29, 0.717) is 24.1 Å². The van der Waals surface area contributed by atoms with Crippen molar-refractivity contribution in [2.75, 3.05) is 0 Å². The van der Waals surface area contributed by atoms with Gasteiger partial charge in [-0.1, -0.05) is 0 Å². The minimum atomic E-state index is 0.209. The van der Waals surface area contributed by atoms with Crippen molar-refractivity contribution in [2.24, 2.45) is 0 Å². The number of hydrogen-bond acceptors (Lipinski definition) is 6. The molecule has 22 heavy (non-hydrogen) atoms. The molecule has 2 unspecified atom stereocenters. The lowest BCUT2D eigenvalue weighted by atomic mass is 10.2. The summed E-state index contributed by atoms with van der Waals surface area (Å²) in [5.41, 5.74) is 0.976. The first-order chi connectivity index (χ1) is 10.6. The smallest absolute Gasteiger partial charge is 0.283 e. The molecule has 0 aliphatic carbocycles. The molecule has 0 fully saturated rings. The van der Waals surface area contributed by atoms with Crippen LogP contribution in [0.15, 0.2) is 39.6 Å². The quantitative estimate of drug-likeness (QED) is 0.753. The van der Waals surface area contributed by atoms with E-state index in [1.54, 1.807) is 12.5 Å². The van der Waals surface area contributed by atoms with Crippen molar-refractivity contribution in [3.8, 4) is 11.7 Å². The maximum Gasteiger partial charge on any atom is 0.283 e. The maximum atomic E-state index is 5.63. The average molecular weight is 301 g/mol. The van der Waals surface area contributed by atoms with E-state index >= 15 is 0 Å². The van der Waals surface area contributed by atoms with Crippen molar-refractivity contribution in [1.82, 2.24) is 25.3 Å². The van der Waals surface area contributed by atoms with E-state index in [9.17, 15) is 0 Å². The van der Waals surface area contributed by atoms with Crippen LogP contribution < -0.4 is 5.32 Å². The Kier molecular flexibility index (Phi) is 4.06. The van der Waals surface area contributed by atoms with Gasteiger partial charge < -0.3 is 14.2 Å². The van der Waals surface area contributed by atoms with E-state index in [4.69, 9.17) is 8.83 Å². The van der Waals surface area contributed by atoms with Crippen LogP contribution in [0.5, 0.6) is 0 Å². The fraction of sp³-hybridized carbons (Fsp3) is 0.400. The lowest BCUT2D eigenvalue weighted by Crippen LogP contribution is -2.33. The van der Waals surface area contributed by atoms with Crippen LogP contribution >= 0.6 is 0 Å². The molecule has 0 aliphatic rings. The first kappa shape index (κ1) is 14.5. The lowest BCUT2D eigenvalue weighted by molar-refractivity contribution is 0.348. The molecule has 0 radical (unpaired) electrons. The van der Waals surface area contributed by atoms with Crippen molar-refractivity contribution in [1.29, 1.82) is 0 Å². The van der Waals surface area contributed by atoms with Crippen molar-refractivity contribution < 1.29 is 8.83 Å². The average Bonchev–Trinajstić information content (AvgIpc) is 3.24. The minimum Gasteiger partial charge on any atom is -0.459 e. The lowest BCUT2D eigenvalue weighted by Gasteiger charge is -2.20. The predicted molar refractivity (Wildman–Crippen MR) is 80.0 cm³/mol. The molecule has 1 N–H and O–H groups in total. The van der Waals surface area contributed by atoms with Crippen molar-refractivity contribution >= 4 is 0 Å². The summed E-state index contributed by atoms with van der Waals surface area (Å²) in [6.07, 6.45) is 5.34. The molecule has 116 valence electrons. The molecule has 2 atom stereocenters. The van der Waals surface area contributed by atoms with Crippen molar-refractivity contribution in [2.45, 2.75) is 39.4 Å². The van der Waals surface area contributed by atoms with Crippen molar-refractivity contribution in [3.05, 3.63) is 42.2 Å². The summed E-state index contributed by atoms with van der Waals surface area (Å²) in [6.45, 7) is 6.64. The zero-order valence-corrected chi connectivity index (χ0v) is 12.9. The Labute approximate surface area is 128 Å². The van der Waals surface area contributed by atoms with Crippen LogP contribution in [0, 0.1) is 6.92 Å². The van der Waals surface area contributed by atoms with Crippen LogP contribution in [0.1, 0.15) is 31.3 Å². The van der Waals surface area contributed by atoms with Crippen LogP contribution in [0.25, 0.3) is 11.7 Å². The number of hydrogen-bond donors (Lipinski definition) is 1. The molecule has 0 saturated carbocycles. The zero-order chi connectivity index (χ0) is 15.5. The summed E-state index contributed by atoms with van der Waals surface area (Å²) in [5, 5.41) is 15.7. The summed E-state index contributed by atoms with van der Waals surface area (Å²) in [4.78, 5) is 0. The third-order valence-corrected chi connectivity index (χ3v) is 3.76. The summed E-state index contributed by atoms with van der Waals surface area (Å²) in [6, 6.07) is 4.22.